The Labute approximate surface area is 591 Å². The van der Waals surface area contributed by atoms with E-state index < -0.39 is 75.6 Å². The summed E-state index contributed by atoms with van der Waals surface area (Å²) < 4.78 is 136. The normalized spacial score (nSPS) is 20.5. The molecule has 532 valence electrons. The number of carbonyl (C=O) groups is 4. The molecule has 5 N–H and O–H groups in total. The van der Waals surface area contributed by atoms with Crippen LogP contribution in [0.4, 0.5) is 39.5 Å². The number of aryl methyl sites for hydroxylation is 3. The third-order valence-electron chi connectivity index (χ3n) is 20.4. The maximum absolute atomic E-state index is 15.1. The third kappa shape index (κ3) is 14.5. The fourth-order valence-electron chi connectivity index (χ4n) is 15.4. The van der Waals surface area contributed by atoms with E-state index in [1.807, 2.05) is 42.8 Å². The Balaban J connectivity index is 0.000000133. The highest BCUT2D eigenvalue weighted by molar-refractivity contribution is 6.27. The second-order valence-corrected chi connectivity index (χ2v) is 27.8. The van der Waals surface area contributed by atoms with Gasteiger partial charge in [0.05, 0.1) is 65.7 Å². The van der Waals surface area contributed by atoms with Crippen molar-refractivity contribution in [1.29, 1.82) is 0 Å². The van der Waals surface area contributed by atoms with Crippen LogP contribution in [-0.2, 0) is 71.8 Å². The standard InChI is InChI=1S/C31H26F4N4O2.C23H18ClF3N2O2.C16H17FN2O.C8H9FN2/c1-16-28-27(12-20-14-31(20,28)35)39(38-16)15-23(40)10-19(7-17-8-21(32)13-22(33)9-17)29-24(3-2-6-37-29)18-4-5-26(34)25(11-18)30(36)41;24-12-18(30)9-15(6-13-7-16(25)11-17(26)8-13)22-19(2-1-5-29-22)14-3-4-21(27)20(10-14)23(28)31;1-10-15-14(7-12-8-16(12,15)17)19(18-10)9-11-3-5-13(20-2)6-4-11;1-4-7-6(11-10-4)2-5-3-8(5,7)9/h2-6,8-9,11,13,19-20H,7,10,12,14-15H2,1H3,(H2,36,41);1-5,7-8,10-11,15H,6,9,12H2,(H2,28,31);3-6,12H,7-9H2,1-2H3;5H,2-3H2,1H3,(H,10,11)/t19-,20?,31?;15-;;/m11../s1. The van der Waals surface area contributed by atoms with Crippen molar-refractivity contribution in [1.82, 2.24) is 39.7 Å². The molecule has 0 spiro atoms. The van der Waals surface area contributed by atoms with E-state index in [9.17, 15) is 54.3 Å². The molecule has 25 heteroatoms. The van der Waals surface area contributed by atoms with Gasteiger partial charge in [0.2, 0.25) is 0 Å². The first-order valence-corrected chi connectivity index (χ1v) is 34.1. The average molecular weight is 1430 g/mol. The third-order valence-corrected chi connectivity index (χ3v) is 20.7. The van der Waals surface area contributed by atoms with Gasteiger partial charge in [0.1, 0.15) is 63.4 Å². The highest BCUT2D eigenvalue weighted by Gasteiger charge is 2.65. The zero-order valence-electron chi connectivity index (χ0n) is 56.4. The molecule has 6 aliphatic rings. The molecule has 3 saturated carbocycles. The number of primary amides is 2. The van der Waals surface area contributed by atoms with Gasteiger partial charge >= 0.3 is 0 Å². The van der Waals surface area contributed by atoms with Crippen molar-refractivity contribution in [2.75, 3.05) is 13.0 Å². The number of rotatable bonds is 20. The van der Waals surface area contributed by atoms with Gasteiger partial charge in [-0.3, -0.25) is 43.6 Å². The highest BCUT2D eigenvalue weighted by Crippen LogP contribution is 2.65. The van der Waals surface area contributed by atoms with Gasteiger partial charge in [0.15, 0.2) is 5.78 Å². The number of fused-ring (bicyclic) bond motifs is 9. The van der Waals surface area contributed by atoms with Crippen LogP contribution in [-0.4, -0.2) is 76.1 Å². The van der Waals surface area contributed by atoms with Gasteiger partial charge in [-0.25, -0.2) is 39.5 Å². The van der Waals surface area contributed by atoms with E-state index in [0.717, 1.165) is 94.4 Å². The van der Waals surface area contributed by atoms with Crippen LogP contribution in [0, 0.1) is 73.4 Å². The molecule has 5 heterocycles. The lowest BCUT2D eigenvalue weighted by Crippen LogP contribution is -2.19. The monoisotopic (exact) mass is 1430 g/mol. The van der Waals surface area contributed by atoms with Crippen molar-refractivity contribution in [2.45, 2.75) is 127 Å². The molecular formula is C78H70ClF9N10O5. The number of Topliss-reactive ketones (excluding diaryl/α,β-unsaturated/α-hetero) is 2. The van der Waals surface area contributed by atoms with Crippen LogP contribution in [0.1, 0.15) is 144 Å². The molecule has 6 aliphatic carbocycles. The van der Waals surface area contributed by atoms with E-state index in [1.54, 1.807) is 43.0 Å². The number of aromatic amines is 1. The number of halogens is 10. The molecule has 10 aromatic rings. The summed E-state index contributed by atoms with van der Waals surface area (Å²) in [6, 6.07) is 28.7. The largest absolute Gasteiger partial charge is 0.497 e. The zero-order valence-corrected chi connectivity index (χ0v) is 57.1. The summed E-state index contributed by atoms with van der Waals surface area (Å²) in [6.07, 6.45) is 7.25. The number of nitrogens with one attached hydrogen (secondary N) is 1. The predicted molar refractivity (Wildman–Crippen MR) is 365 cm³/mol. The van der Waals surface area contributed by atoms with Crippen molar-refractivity contribution in [2.24, 2.45) is 29.2 Å². The van der Waals surface area contributed by atoms with Crippen LogP contribution in [0.15, 0.2) is 134 Å². The lowest BCUT2D eigenvalue weighted by Gasteiger charge is -2.20. The molecule has 15 nitrogen and oxygen atoms in total. The number of carbonyl (C=O) groups excluding carboxylic acids is 4. The van der Waals surface area contributed by atoms with E-state index in [2.05, 4.69) is 30.4 Å². The number of hydrogen-bond donors (Lipinski definition) is 3. The van der Waals surface area contributed by atoms with Crippen molar-refractivity contribution in [3.8, 4) is 28.0 Å². The maximum atomic E-state index is 15.1. The number of hydrogen-bond acceptors (Lipinski definition) is 10. The molecule has 0 radical (unpaired) electrons. The minimum atomic E-state index is -1.34. The summed E-state index contributed by atoms with van der Waals surface area (Å²) in [5.41, 5.74) is 18.8. The van der Waals surface area contributed by atoms with Gasteiger partial charge in [-0.1, -0.05) is 36.4 Å². The van der Waals surface area contributed by atoms with E-state index >= 15 is 4.39 Å². The van der Waals surface area contributed by atoms with Crippen LogP contribution >= 0.6 is 11.6 Å². The number of amides is 2. The quantitative estimate of drug-likeness (QED) is 0.0484. The number of ether oxygens (including phenoxy) is 1. The fourth-order valence-corrected chi connectivity index (χ4v) is 15.6. The zero-order chi connectivity index (χ0) is 73.1. The lowest BCUT2D eigenvalue weighted by atomic mass is 9.86. The van der Waals surface area contributed by atoms with E-state index in [-0.39, 0.29) is 78.6 Å². The molecule has 0 bridgehead atoms. The number of H-pyrrole nitrogens is 1. The summed E-state index contributed by atoms with van der Waals surface area (Å²) in [6.45, 7) is 6.17. The van der Waals surface area contributed by atoms with Crippen LogP contribution < -0.4 is 16.2 Å². The first-order chi connectivity index (χ1) is 49.1. The highest BCUT2D eigenvalue weighted by atomic mass is 35.5. The Hall–Kier alpha value is -10.2. The number of methoxy groups -OCH3 is 1. The smallest absolute Gasteiger partial charge is 0.251 e. The molecule has 8 atom stereocenters. The fraction of sp³-hybridized carbons (Fsp3) is 0.321. The van der Waals surface area contributed by atoms with E-state index in [4.69, 9.17) is 27.8 Å². The van der Waals surface area contributed by atoms with Gasteiger partial charge in [-0.15, -0.1) is 11.6 Å². The molecule has 103 heavy (non-hydrogen) atoms. The summed E-state index contributed by atoms with van der Waals surface area (Å²) in [5, 5.41) is 15.9. The molecule has 5 aromatic heterocycles. The van der Waals surface area contributed by atoms with E-state index in [1.165, 1.54) is 60.9 Å². The SMILES string of the molecule is COc1ccc(Cn2nc(C)c3c2CC2CC32F)cc1.Cc1[nH]nc2c1C1(F)CC1C2.Cc1nn(CC(=O)C[C@@H](Cc2cc(F)cc(F)c2)c2ncccc2-c2ccc(F)c(C(N)=O)c2)c2c1C1(F)CC1C2.NC(=O)c1cc(-c2cccnc2[C@@H](CC(=O)CCl)Cc2cc(F)cc(F)c2)ccc1F. The molecule has 5 aromatic carbocycles. The maximum Gasteiger partial charge on any atom is 0.251 e. The average Bonchev–Trinajstić information content (AvgIpc) is 1.54. The molecule has 2 amide bonds. The van der Waals surface area contributed by atoms with E-state index in [0.29, 0.717) is 81.8 Å². The van der Waals surface area contributed by atoms with Gasteiger partial charge in [-0.2, -0.15) is 15.3 Å². The molecule has 0 saturated heterocycles. The van der Waals surface area contributed by atoms with Crippen molar-refractivity contribution in [3.63, 3.8) is 0 Å². The number of ketones is 2. The molecule has 6 unspecified atom stereocenters. The Kier molecular flexibility index (Phi) is 19.5. The number of aromatic nitrogens is 8. The second-order valence-electron chi connectivity index (χ2n) is 27.5. The Bertz CT molecular complexity index is 4970. The van der Waals surface area contributed by atoms with Crippen molar-refractivity contribution in [3.05, 3.63) is 259 Å². The van der Waals surface area contributed by atoms with Crippen molar-refractivity contribution < 1.29 is 63.4 Å². The first kappa shape index (κ1) is 71.2. The Morgan fingerprint density at radius 1 is 0.573 bits per heavy atom. The number of nitrogens with two attached hydrogens (primary N) is 2. The van der Waals surface area contributed by atoms with Gasteiger partial charge < -0.3 is 16.2 Å². The summed E-state index contributed by atoms with van der Waals surface area (Å²) in [5.74, 6) is -7.05. The summed E-state index contributed by atoms with van der Waals surface area (Å²) >= 11 is 5.68. The minimum absolute atomic E-state index is 0.0183. The number of nitrogens with zero attached hydrogens (tertiary/aromatic N) is 7. The number of alkyl halides is 4. The minimum Gasteiger partial charge on any atom is -0.497 e. The lowest BCUT2D eigenvalue weighted by molar-refractivity contribution is -0.120. The Morgan fingerprint density at radius 3 is 1.48 bits per heavy atom. The van der Waals surface area contributed by atoms with Crippen LogP contribution in [0.3, 0.4) is 0 Å². The van der Waals surface area contributed by atoms with Crippen molar-refractivity contribution >= 4 is 35.0 Å². The molecular weight excluding hydrogens is 1360 g/mol. The summed E-state index contributed by atoms with van der Waals surface area (Å²) in [4.78, 5) is 57.9. The first-order valence-electron chi connectivity index (χ1n) is 33.6. The predicted octanol–water partition coefficient (Wildman–Crippen LogP) is 14.7. The molecule has 0 aliphatic heterocycles. The Morgan fingerprint density at radius 2 is 1.02 bits per heavy atom. The number of benzene rings is 5. The topological polar surface area (TPSA) is 220 Å². The number of pyridine rings is 2. The van der Waals surface area contributed by atoms with Crippen LogP contribution in [0.25, 0.3) is 22.3 Å². The summed E-state index contributed by atoms with van der Waals surface area (Å²) in [7, 11) is 1.66. The van der Waals surface area contributed by atoms with Crippen LogP contribution in [0.2, 0.25) is 0 Å². The van der Waals surface area contributed by atoms with Gasteiger partial charge in [0, 0.05) is 112 Å². The molecule has 16 rings (SSSR count). The molecule has 3 fully saturated rings. The van der Waals surface area contributed by atoms with Crippen LogP contribution in [0.5, 0.6) is 5.75 Å². The van der Waals surface area contributed by atoms with Gasteiger partial charge in [-0.05, 0) is 173 Å². The van der Waals surface area contributed by atoms with Gasteiger partial charge in [0.25, 0.3) is 11.8 Å². The second kappa shape index (κ2) is 28.2.